The van der Waals surface area contributed by atoms with Crippen molar-refractivity contribution < 1.29 is 80.7 Å². The number of hydrogen-bond donors (Lipinski definition) is 14. The normalized spacial score (nSPS) is 33.7. The van der Waals surface area contributed by atoms with Crippen LogP contribution in [0.1, 0.15) is 63.8 Å². The second-order valence-electron chi connectivity index (χ2n) is 17.5. The van der Waals surface area contributed by atoms with E-state index in [-0.39, 0.29) is 18.4 Å². The second kappa shape index (κ2) is 24.5. The number of H-pyrrole nitrogens is 1. The zero-order chi connectivity index (χ0) is 52.9. The molecule has 15 atom stereocenters. The summed E-state index contributed by atoms with van der Waals surface area (Å²) in [5, 5.41) is 50.2. The number of unbranched alkanes of at least 4 members (excludes halogenated alkanes) is 2. The first-order valence-electron chi connectivity index (χ1n) is 22.4. The van der Waals surface area contributed by atoms with Crippen molar-refractivity contribution in [2.24, 2.45) is 34.0 Å². The molecule has 15 unspecified atom stereocenters. The molecule has 72 heavy (non-hydrogen) atoms. The minimum absolute atomic E-state index is 0.000889. The quantitative estimate of drug-likeness (QED) is 0.0140. The summed E-state index contributed by atoms with van der Waals surface area (Å²) in [4.78, 5) is 98.7. The third kappa shape index (κ3) is 15.1. The maximum absolute atomic E-state index is 13.4. The van der Waals surface area contributed by atoms with Gasteiger partial charge in [-0.2, -0.15) is 8.62 Å². The zero-order valence-corrected chi connectivity index (χ0v) is 41.4. The molecule has 36 heteroatoms. The molecule has 4 fully saturated rings. The van der Waals surface area contributed by atoms with Crippen LogP contribution in [-0.2, 0) is 52.2 Å². The van der Waals surface area contributed by atoms with Crippen LogP contribution in [0.2, 0.25) is 0 Å². The number of piperazine rings is 1. The van der Waals surface area contributed by atoms with Crippen molar-refractivity contribution in [1.29, 1.82) is 0 Å². The molecule has 1 saturated carbocycles. The Hall–Kier alpha value is -3.40. The van der Waals surface area contributed by atoms with Crippen LogP contribution in [-0.4, -0.2) is 146 Å². The minimum atomic E-state index is -6.07. The summed E-state index contributed by atoms with van der Waals surface area (Å²) in [6.07, 6.45) is -7.19. The summed E-state index contributed by atoms with van der Waals surface area (Å²) in [7, 11) is -17.6. The molecule has 2 aromatic heterocycles. The van der Waals surface area contributed by atoms with E-state index in [1.807, 2.05) is 4.98 Å². The van der Waals surface area contributed by atoms with Crippen molar-refractivity contribution in [2.75, 3.05) is 19.8 Å². The second-order valence-corrected chi connectivity index (χ2v) is 22.6. The summed E-state index contributed by atoms with van der Waals surface area (Å²) < 4.78 is 68.0. The van der Waals surface area contributed by atoms with Crippen LogP contribution in [0.25, 0.3) is 0 Å². The van der Waals surface area contributed by atoms with Gasteiger partial charge in [-0.25, -0.2) is 23.3 Å². The van der Waals surface area contributed by atoms with Crippen molar-refractivity contribution in [3.8, 4) is 0 Å². The van der Waals surface area contributed by atoms with E-state index in [0.717, 1.165) is 72.2 Å². The highest BCUT2D eigenvalue weighted by molar-refractivity contribution is 7.66. The maximum atomic E-state index is 13.4. The number of rotatable bonds is 21. The molecule has 406 valence electrons. The van der Waals surface area contributed by atoms with E-state index in [9.17, 15) is 72.8 Å². The number of phosphoric ester groups is 2. The Bertz CT molecular complexity index is 2640. The third-order valence-corrected chi connectivity index (χ3v) is 16.9. The van der Waals surface area contributed by atoms with Crippen molar-refractivity contribution >= 4 is 46.9 Å². The first-order valence-corrected chi connectivity index (χ1v) is 27.3. The van der Waals surface area contributed by atoms with Gasteiger partial charge in [0.25, 0.3) is 11.1 Å². The van der Waals surface area contributed by atoms with Crippen molar-refractivity contribution in [3.05, 3.63) is 66.2 Å². The molecule has 1 aliphatic carbocycles. The predicted molar refractivity (Wildman–Crippen MR) is 246 cm³/mol. The molecule has 6 rings (SSSR count). The van der Waals surface area contributed by atoms with Gasteiger partial charge in [0.05, 0.1) is 25.5 Å². The number of aromatic amines is 1. The standard InChI is InChI=1S/C36H59ClN11O21P3/c37-28-30(39)44-29(38)23(43-28)31(55)45-34(40)41-14-18-7-5-17(6-8-18)4-2-1-3-11-46-22(50)10-13-48(36(46)57)33-27(54)25(52)20(67-33)16-65-71(60,61)69-72(62,63)68-70(58,59)64-15-19-24(51)26(53)32(66-19)47-12-9-21(49)42-35(47)56/h9-10,12-13,17-20,23-30,32-33,43-44,51-54H,1-8,11,14-16,38-39H2,(H,58,59)(H,60,61)(H,62,63)(H,42,49,56)(H3,40,41,45,55). The number of nitrogens with two attached hydrogens (primary N) is 3. The molecule has 4 aliphatic rings. The maximum Gasteiger partial charge on any atom is 0.490 e. The van der Waals surface area contributed by atoms with Crippen LogP contribution in [0.5, 0.6) is 0 Å². The van der Waals surface area contributed by atoms with Crippen molar-refractivity contribution in [3.63, 3.8) is 0 Å². The molecule has 0 aromatic carbocycles. The van der Waals surface area contributed by atoms with Gasteiger partial charge in [-0.15, -0.1) is 11.6 Å². The molecule has 5 heterocycles. The van der Waals surface area contributed by atoms with Crippen LogP contribution in [0.3, 0.4) is 0 Å². The lowest BCUT2D eigenvalue weighted by atomic mass is 9.80. The van der Waals surface area contributed by atoms with E-state index in [0.29, 0.717) is 29.9 Å². The van der Waals surface area contributed by atoms with Crippen LogP contribution in [0.15, 0.2) is 48.7 Å². The fraction of sp³-hybridized carbons (Fsp3) is 0.722. The molecule has 0 bridgehead atoms. The monoisotopic (exact) mass is 1110 g/mol. The molecule has 3 saturated heterocycles. The summed E-state index contributed by atoms with van der Waals surface area (Å²) >= 11 is 6.08. The SMILES string of the molecule is NC(=NCC1CCC(CCCCCn2c(=O)ccn(C3OC(COP(=O)(O)OP(=O)(O)OP(=O)(O)OCC4OC(n5ccc(=O)[nH]c5=O)C(O)C4O)C(O)C3O)c2=O)CC1)NC(=O)C1NC(Cl)C(N)NC1N. The lowest BCUT2D eigenvalue weighted by Gasteiger charge is -2.36. The van der Waals surface area contributed by atoms with Gasteiger partial charge in [0, 0.05) is 37.6 Å². The number of hydrogen-bond acceptors (Lipinski definition) is 23. The number of alkyl halides is 1. The van der Waals surface area contributed by atoms with E-state index in [1.54, 1.807) is 0 Å². The summed E-state index contributed by atoms with van der Waals surface area (Å²) in [5.74, 6) is 0.199. The molecule has 2 aromatic rings. The van der Waals surface area contributed by atoms with Crippen LogP contribution >= 0.6 is 35.1 Å². The summed E-state index contributed by atoms with van der Waals surface area (Å²) in [6.45, 7) is -1.88. The Morgan fingerprint density at radius 2 is 1.33 bits per heavy atom. The zero-order valence-electron chi connectivity index (χ0n) is 38.0. The first kappa shape index (κ1) is 57.9. The Balaban J connectivity index is 0.907. The topological polar surface area (TPSA) is 491 Å². The number of aliphatic hydroxyl groups is 4. The van der Waals surface area contributed by atoms with E-state index in [1.165, 1.54) is 0 Å². The van der Waals surface area contributed by atoms with Gasteiger partial charge in [-0.1, -0.05) is 32.1 Å². The lowest BCUT2D eigenvalue weighted by Crippen LogP contribution is -2.73. The van der Waals surface area contributed by atoms with Crippen LogP contribution in [0.4, 0.5) is 0 Å². The lowest BCUT2D eigenvalue weighted by molar-refractivity contribution is -0.123. The number of aromatic nitrogens is 4. The van der Waals surface area contributed by atoms with E-state index in [4.69, 9.17) is 38.3 Å². The van der Waals surface area contributed by atoms with Gasteiger partial charge in [-0.3, -0.25) is 63.1 Å². The first-order chi connectivity index (χ1) is 33.7. The van der Waals surface area contributed by atoms with Gasteiger partial charge < -0.3 is 61.8 Å². The number of halogens is 1. The summed E-state index contributed by atoms with van der Waals surface area (Å²) in [6, 6.07) is 1.06. The van der Waals surface area contributed by atoms with Crippen LogP contribution in [0, 0.1) is 11.8 Å². The fourth-order valence-corrected chi connectivity index (χ4v) is 12.2. The Kier molecular flexibility index (Phi) is 19.7. The number of aliphatic hydroxyl groups excluding tert-OH is 4. The third-order valence-electron chi connectivity index (χ3n) is 12.3. The number of nitrogens with one attached hydrogen (secondary N) is 4. The number of nitrogens with zero attached hydrogens (tertiary/aromatic N) is 4. The number of phosphoric acid groups is 3. The highest BCUT2D eigenvalue weighted by Crippen LogP contribution is 2.68. The number of carbonyl (C=O) groups is 1. The number of carbonyl (C=O) groups excluding carboxylic acids is 1. The van der Waals surface area contributed by atoms with Gasteiger partial charge in [0.2, 0.25) is 5.91 Å². The summed E-state index contributed by atoms with van der Waals surface area (Å²) in [5.41, 5.74) is 13.6. The molecular weight excluding hydrogens is 1050 g/mol. The smallest absolute Gasteiger partial charge is 0.387 e. The van der Waals surface area contributed by atoms with Gasteiger partial charge in [-0.05, 0) is 31.1 Å². The molecule has 32 nitrogen and oxygen atoms in total. The minimum Gasteiger partial charge on any atom is -0.387 e. The van der Waals surface area contributed by atoms with E-state index >= 15 is 0 Å². The molecule has 3 aliphatic heterocycles. The number of aliphatic imine (C=N–C) groups is 1. The Morgan fingerprint density at radius 1 is 0.778 bits per heavy atom. The fourth-order valence-electron chi connectivity index (χ4n) is 8.48. The largest absolute Gasteiger partial charge is 0.490 e. The molecule has 0 radical (unpaired) electrons. The predicted octanol–water partition coefficient (Wildman–Crippen LogP) is -4.34. The molecular formula is C36H59ClN11O21P3. The molecule has 17 N–H and O–H groups in total. The van der Waals surface area contributed by atoms with Gasteiger partial charge in [0.15, 0.2) is 18.4 Å². The number of guanidine groups is 1. The number of ether oxygens (including phenoxy) is 2. The molecule has 1 amide bonds. The molecule has 0 spiro atoms. The highest BCUT2D eigenvalue weighted by Gasteiger charge is 2.49. The highest BCUT2D eigenvalue weighted by atomic mass is 35.5. The van der Waals surface area contributed by atoms with Crippen molar-refractivity contribution in [1.82, 2.24) is 34.6 Å². The van der Waals surface area contributed by atoms with E-state index in [2.05, 4.69) is 38.6 Å². The van der Waals surface area contributed by atoms with Crippen molar-refractivity contribution in [2.45, 2.75) is 131 Å². The van der Waals surface area contributed by atoms with E-state index < -0.39 is 138 Å². The Morgan fingerprint density at radius 3 is 1.92 bits per heavy atom. The average molecular weight is 1110 g/mol. The average Bonchev–Trinajstić information content (AvgIpc) is 3.74. The van der Waals surface area contributed by atoms with Gasteiger partial charge >= 0.3 is 34.8 Å². The van der Waals surface area contributed by atoms with Gasteiger partial charge in [0.1, 0.15) is 48.2 Å². The Labute approximate surface area is 412 Å². The number of amides is 1. The van der Waals surface area contributed by atoms with Crippen LogP contribution < -0.4 is 55.6 Å².